The minimum absolute atomic E-state index is 0.336. The minimum atomic E-state index is -0.336. The van der Waals surface area contributed by atoms with Crippen LogP contribution < -0.4 is 5.73 Å². The van der Waals surface area contributed by atoms with E-state index < -0.39 is 0 Å². The van der Waals surface area contributed by atoms with Crippen LogP contribution in [0.15, 0.2) is 12.3 Å². The molecule has 0 aromatic carbocycles. The summed E-state index contributed by atoms with van der Waals surface area (Å²) in [6, 6.07) is 1.69. The lowest BCUT2D eigenvalue weighted by molar-refractivity contribution is 0.0520. The molecule has 0 fully saturated rings. The molecule has 0 aliphatic heterocycles. The molecule has 0 unspecified atom stereocenters. The Hall–Kier alpha value is -1.29. The Balaban J connectivity index is 2.68. The lowest BCUT2D eigenvalue weighted by atomic mass is 10.3. The van der Waals surface area contributed by atoms with E-state index in [1.54, 1.807) is 19.2 Å². The third-order valence-electron chi connectivity index (χ3n) is 1.47. The molecular formula is C8H12N2O2. The molecule has 66 valence electrons. The van der Waals surface area contributed by atoms with Crippen molar-refractivity contribution in [3.8, 4) is 0 Å². The molecule has 0 saturated carbocycles. The smallest absolute Gasteiger partial charge is 0.354 e. The molecule has 1 aromatic rings. The zero-order valence-electron chi connectivity index (χ0n) is 6.96. The van der Waals surface area contributed by atoms with Crippen molar-refractivity contribution in [1.82, 2.24) is 4.98 Å². The van der Waals surface area contributed by atoms with E-state index in [0.717, 1.165) is 5.56 Å². The first-order valence-corrected chi connectivity index (χ1v) is 3.82. The van der Waals surface area contributed by atoms with Crippen LogP contribution in [0.25, 0.3) is 0 Å². The lowest BCUT2D eigenvalue weighted by Crippen LogP contribution is -2.04. The van der Waals surface area contributed by atoms with Crippen molar-refractivity contribution in [1.29, 1.82) is 0 Å². The predicted molar refractivity (Wildman–Crippen MR) is 44.6 cm³/mol. The lowest BCUT2D eigenvalue weighted by Gasteiger charge is -1.96. The molecule has 12 heavy (non-hydrogen) atoms. The fourth-order valence-electron chi connectivity index (χ4n) is 0.884. The molecule has 1 heterocycles. The molecule has 0 spiro atoms. The van der Waals surface area contributed by atoms with Gasteiger partial charge in [-0.15, -0.1) is 0 Å². The summed E-state index contributed by atoms with van der Waals surface area (Å²) in [4.78, 5) is 13.9. The van der Waals surface area contributed by atoms with Crippen molar-refractivity contribution in [2.45, 2.75) is 13.5 Å². The van der Waals surface area contributed by atoms with Crippen LogP contribution in [0, 0.1) is 0 Å². The van der Waals surface area contributed by atoms with E-state index in [1.807, 2.05) is 0 Å². The molecule has 0 atom stereocenters. The van der Waals surface area contributed by atoms with Gasteiger partial charge in [0.05, 0.1) is 6.61 Å². The summed E-state index contributed by atoms with van der Waals surface area (Å²) in [5.41, 5.74) is 6.72. The molecule has 1 rings (SSSR count). The topological polar surface area (TPSA) is 68.1 Å². The van der Waals surface area contributed by atoms with Gasteiger partial charge in [-0.25, -0.2) is 4.79 Å². The summed E-state index contributed by atoms with van der Waals surface area (Å²) in [5, 5.41) is 0. The number of nitrogens with one attached hydrogen (secondary N) is 1. The van der Waals surface area contributed by atoms with Crippen LogP contribution in [0.2, 0.25) is 0 Å². The number of aromatic nitrogens is 1. The monoisotopic (exact) mass is 168 g/mol. The van der Waals surface area contributed by atoms with Crippen LogP contribution in [-0.2, 0) is 11.3 Å². The molecule has 4 heteroatoms. The SMILES string of the molecule is CCOC(=O)c1cc(CN)c[nH]1. The maximum absolute atomic E-state index is 11.1. The van der Waals surface area contributed by atoms with Gasteiger partial charge < -0.3 is 15.5 Å². The number of hydrogen-bond acceptors (Lipinski definition) is 3. The van der Waals surface area contributed by atoms with Crippen molar-refractivity contribution in [3.63, 3.8) is 0 Å². The van der Waals surface area contributed by atoms with Crippen molar-refractivity contribution in [2.75, 3.05) is 6.61 Å². The van der Waals surface area contributed by atoms with Crippen molar-refractivity contribution < 1.29 is 9.53 Å². The number of carbonyl (C=O) groups is 1. The molecule has 0 saturated heterocycles. The Bertz CT molecular complexity index is 268. The van der Waals surface area contributed by atoms with Gasteiger partial charge in [0.2, 0.25) is 0 Å². The van der Waals surface area contributed by atoms with Crippen molar-refractivity contribution in [3.05, 3.63) is 23.5 Å². The van der Waals surface area contributed by atoms with Crippen LogP contribution in [0.5, 0.6) is 0 Å². The molecule has 3 N–H and O–H groups in total. The molecule has 4 nitrogen and oxygen atoms in total. The van der Waals surface area contributed by atoms with E-state index in [1.165, 1.54) is 0 Å². The van der Waals surface area contributed by atoms with Gasteiger partial charge in [-0.1, -0.05) is 0 Å². The third-order valence-corrected chi connectivity index (χ3v) is 1.47. The van der Waals surface area contributed by atoms with E-state index >= 15 is 0 Å². The fraction of sp³-hybridized carbons (Fsp3) is 0.375. The Labute approximate surface area is 70.7 Å². The van der Waals surface area contributed by atoms with Crippen LogP contribution in [-0.4, -0.2) is 17.6 Å². The van der Waals surface area contributed by atoms with Gasteiger partial charge in [-0.05, 0) is 18.6 Å². The Morgan fingerprint density at radius 1 is 1.75 bits per heavy atom. The Kier molecular flexibility index (Phi) is 2.88. The summed E-state index contributed by atoms with van der Waals surface area (Å²) >= 11 is 0. The number of carbonyl (C=O) groups excluding carboxylic acids is 1. The molecule has 0 aliphatic carbocycles. The van der Waals surface area contributed by atoms with Gasteiger partial charge >= 0.3 is 5.97 Å². The van der Waals surface area contributed by atoms with Gasteiger partial charge in [-0.2, -0.15) is 0 Å². The van der Waals surface area contributed by atoms with E-state index in [9.17, 15) is 4.79 Å². The maximum atomic E-state index is 11.1. The second-order valence-electron chi connectivity index (χ2n) is 2.35. The number of rotatable bonds is 3. The van der Waals surface area contributed by atoms with Gasteiger partial charge in [-0.3, -0.25) is 0 Å². The predicted octanol–water partition coefficient (Wildman–Crippen LogP) is 0.650. The summed E-state index contributed by atoms with van der Waals surface area (Å²) in [6.07, 6.45) is 1.70. The Morgan fingerprint density at radius 3 is 3.00 bits per heavy atom. The second kappa shape index (κ2) is 3.92. The normalized spacial score (nSPS) is 9.83. The first kappa shape index (κ1) is 8.80. The highest BCUT2D eigenvalue weighted by Gasteiger charge is 2.07. The first-order chi connectivity index (χ1) is 5.77. The van der Waals surface area contributed by atoms with Crippen LogP contribution >= 0.6 is 0 Å². The number of nitrogens with two attached hydrogens (primary N) is 1. The minimum Gasteiger partial charge on any atom is -0.461 e. The molecule has 1 aromatic heterocycles. The second-order valence-corrected chi connectivity index (χ2v) is 2.35. The summed E-state index contributed by atoms with van der Waals surface area (Å²) in [5.74, 6) is -0.336. The Morgan fingerprint density at radius 2 is 2.50 bits per heavy atom. The van der Waals surface area contributed by atoms with Crippen molar-refractivity contribution >= 4 is 5.97 Å². The van der Waals surface area contributed by atoms with E-state index in [4.69, 9.17) is 10.5 Å². The highest BCUT2D eigenvalue weighted by atomic mass is 16.5. The van der Waals surface area contributed by atoms with E-state index in [0.29, 0.717) is 18.8 Å². The third kappa shape index (κ3) is 1.85. The zero-order chi connectivity index (χ0) is 8.97. The van der Waals surface area contributed by atoms with E-state index in [2.05, 4.69) is 4.98 Å². The van der Waals surface area contributed by atoms with Crippen LogP contribution in [0.4, 0.5) is 0 Å². The number of H-pyrrole nitrogens is 1. The largest absolute Gasteiger partial charge is 0.461 e. The average Bonchev–Trinajstić information content (AvgIpc) is 2.52. The highest BCUT2D eigenvalue weighted by Crippen LogP contribution is 2.03. The average molecular weight is 168 g/mol. The first-order valence-electron chi connectivity index (χ1n) is 3.82. The standard InChI is InChI=1S/C8H12N2O2/c1-2-12-8(11)7-3-6(4-9)5-10-7/h3,5,10H,2,4,9H2,1H3. The number of aromatic amines is 1. The molecular weight excluding hydrogens is 156 g/mol. The van der Waals surface area contributed by atoms with Gasteiger partial charge in [0.15, 0.2) is 0 Å². The van der Waals surface area contributed by atoms with E-state index in [-0.39, 0.29) is 5.97 Å². The summed E-state index contributed by atoms with van der Waals surface area (Å²) < 4.78 is 4.77. The fourth-order valence-corrected chi connectivity index (χ4v) is 0.884. The number of esters is 1. The summed E-state index contributed by atoms with van der Waals surface area (Å²) in [7, 11) is 0. The molecule has 0 amide bonds. The quantitative estimate of drug-likeness (QED) is 0.651. The van der Waals surface area contributed by atoms with Crippen LogP contribution in [0.1, 0.15) is 23.0 Å². The van der Waals surface area contributed by atoms with Gasteiger partial charge in [0.1, 0.15) is 5.69 Å². The zero-order valence-corrected chi connectivity index (χ0v) is 6.96. The highest BCUT2D eigenvalue weighted by molar-refractivity contribution is 5.87. The molecule has 0 radical (unpaired) electrons. The maximum Gasteiger partial charge on any atom is 0.354 e. The van der Waals surface area contributed by atoms with Crippen molar-refractivity contribution in [2.24, 2.45) is 5.73 Å². The molecule has 0 aliphatic rings. The number of ether oxygens (including phenoxy) is 1. The number of hydrogen-bond donors (Lipinski definition) is 2. The van der Waals surface area contributed by atoms with Crippen LogP contribution in [0.3, 0.4) is 0 Å². The molecule has 0 bridgehead atoms. The van der Waals surface area contributed by atoms with Gasteiger partial charge in [0, 0.05) is 12.7 Å². The summed E-state index contributed by atoms with van der Waals surface area (Å²) in [6.45, 7) is 2.58. The van der Waals surface area contributed by atoms with Gasteiger partial charge in [0.25, 0.3) is 0 Å².